The summed E-state index contributed by atoms with van der Waals surface area (Å²) in [5, 5.41) is 0.528. The van der Waals surface area contributed by atoms with Crippen LogP contribution >= 0.6 is 11.3 Å². The third-order valence-corrected chi connectivity index (χ3v) is 6.25. The van der Waals surface area contributed by atoms with Gasteiger partial charge in [0.1, 0.15) is 5.82 Å². The van der Waals surface area contributed by atoms with E-state index in [-0.39, 0.29) is 18.3 Å². The fourth-order valence-electron chi connectivity index (χ4n) is 3.85. The van der Waals surface area contributed by atoms with Gasteiger partial charge in [-0.25, -0.2) is 9.37 Å². The first-order chi connectivity index (χ1) is 14.5. The van der Waals surface area contributed by atoms with E-state index in [0.29, 0.717) is 29.2 Å². The molecule has 2 N–H and O–H groups in total. The maximum Gasteiger partial charge on any atom is 0.256 e. The number of halogens is 1. The molecular weight excluding hydrogens is 399 g/mol. The lowest BCUT2D eigenvalue weighted by Gasteiger charge is -2.28. The van der Waals surface area contributed by atoms with Gasteiger partial charge in [-0.15, -0.1) is 0 Å². The van der Waals surface area contributed by atoms with E-state index in [2.05, 4.69) is 9.97 Å². The van der Waals surface area contributed by atoms with Crippen molar-refractivity contribution >= 4 is 32.6 Å². The van der Waals surface area contributed by atoms with E-state index in [1.807, 2.05) is 31.2 Å². The lowest BCUT2D eigenvalue weighted by molar-refractivity contribution is 0.0723. The number of pyridine rings is 1. The van der Waals surface area contributed by atoms with Crippen molar-refractivity contribution in [1.29, 1.82) is 0 Å². The fraction of sp³-hybridized carbons (Fsp3) is 0.174. The molecule has 0 aliphatic carbocycles. The molecule has 3 heterocycles. The quantitative estimate of drug-likeness (QED) is 0.528. The second-order valence-electron chi connectivity index (χ2n) is 7.52. The zero-order chi connectivity index (χ0) is 20.8. The van der Waals surface area contributed by atoms with E-state index in [0.717, 1.165) is 32.6 Å². The summed E-state index contributed by atoms with van der Waals surface area (Å²) in [5.74, 6) is -0.405. The van der Waals surface area contributed by atoms with E-state index in [1.54, 1.807) is 23.2 Å². The number of aromatic nitrogens is 2. The second kappa shape index (κ2) is 7.18. The third-order valence-electron chi connectivity index (χ3n) is 5.41. The predicted octanol–water partition coefficient (Wildman–Crippen LogP) is 4.59. The Balaban J connectivity index is 1.47. The highest BCUT2D eigenvalue weighted by atomic mass is 32.1. The van der Waals surface area contributed by atoms with Crippen molar-refractivity contribution in [2.75, 3.05) is 12.3 Å². The van der Waals surface area contributed by atoms with Crippen LogP contribution in [0.15, 0.2) is 48.7 Å². The first-order valence-corrected chi connectivity index (χ1v) is 10.5. The number of benzene rings is 2. The fourth-order valence-corrected chi connectivity index (χ4v) is 4.62. The van der Waals surface area contributed by atoms with Gasteiger partial charge >= 0.3 is 0 Å². The summed E-state index contributed by atoms with van der Waals surface area (Å²) in [6.45, 7) is 2.69. The second-order valence-corrected chi connectivity index (χ2v) is 8.59. The van der Waals surface area contributed by atoms with Crippen LogP contribution in [0.3, 0.4) is 0 Å². The van der Waals surface area contributed by atoms with Gasteiger partial charge in [0.2, 0.25) is 0 Å². The number of nitrogens with zero attached hydrogens (tertiary/aromatic N) is 3. The largest absolute Gasteiger partial charge is 0.375 e. The Hall–Kier alpha value is -3.32. The Bertz CT molecular complexity index is 1300. The van der Waals surface area contributed by atoms with Gasteiger partial charge in [-0.2, -0.15) is 0 Å². The zero-order valence-corrected chi connectivity index (χ0v) is 17.2. The van der Waals surface area contributed by atoms with Gasteiger partial charge in [0.25, 0.3) is 5.91 Å². The molecule has 1 aliphatic heterocycles. The normalized spacial score (nSPS) is 13.7. The molecule has 1 amide bonds. The van der Waals surface area contributed by atoms with Crippen molar-refractivity contribution in [2.24, 2.45) is 0 Å². The Morgan fingerprint density at radius 1 is 1.17 bits per heavy atom. The first kappa shape index (κ1) is 18.7. The number of nitrogen functional groups attached to an aromatic ring is 1. The van der Waals surface area contributed by atoms with E-state index in [9.17, 15) is 9.18 Å². The van der Waals surface area contributed by atoms with Crippen molar-refractivity contribution in [3.63, 3.8) is 0 Å². The van der Waals surface area contributed by atoms with Gasteiger partial charge in [-0.1, -0.05) is 35.1 Å². The van der Waals surface area contributed by atoms with Crippen molar-refractivity contribution in [1.82, 2.24) is 14.9 Å². The van der Waals surface area contributed by atoms with E-state index in [4.69, 9.17) is 5.73 Å². The molecule has 1 aliphatic rings. The SMILES string of the molecule is Cc1ccc(F)c(CN2CCc3ncc(-c4ccc5nc(N)sc5c4)cc3C2=O)c1. The Morgan fingerprint density at radius 3 is 2.90 bits per heavy atom. The summed E-state index contributed by atoms with van der Waals surface area (Å²) >= 11 is 1.43. The summed E-state index contributed by atoms with van der Waals surface area (Å²) in [6, 6.07) is 12.8. The van der Waals surface area contributed by atoms with E-state index < -0.39 is 0 Å². The van der Waals surface area contributed by atoms with Crippen LogP contribution in [0.4, 0.5) is 9.52 Å². The number of nitrogens with two attached hydrogens (primary N) is 1. The molecule has 0 saturated carbocycles. The Labute approximate surface area is 177 Å². The van der Waals surface area contributed by atoms with E-state index in [1.165, 1.54) is 17.4 Å². The summed E-state index contributed by atoms with van der Waals surface area (Å²) in [6.07, 6.45) is 2.45. The average molecular weight is 418 g/mol. The molecule has 0 spiro atoms. The molecule has 5 rings (SSSR count). The van der Waals surface area contributed by atoms with Crippen LogP contribution in [-0.2, 0) is 13.0 Å². The number of amides is 1. The molecule has 30 heavy (non-hydrogen) atoms. The van der Waals surface area contributed by atoms with E-state index >= 15 is 0 Å². The molecule has 0 radical (unpaired) electrons. The van der Waals surface area contributed by atoms with Crippen LogP contribution in [0.1, 0.15) is 27.2 Å². The zero-order valence-electron chi connectivity index (χ0n) is 16.4. The highest BCUT2D eigenvalue weighted by molar-refractivity contribution is 7.22. The van der Waals surface area contributed by atoms with Crippen LogP contribution in [0, 0.1) is 12.7 Å². The average Bonchev–Trinajstić information content (AvgIpc) is 3.11. The molecule has 7 heteroatoms. The Morgan fingerprint density at radius 2 is 2.03 bits per heavy atom. The highest BCUT2D eigenvalue weighted by Gasteiger charge is 2.26. The number of fused-ring (bicyclic) bond motifs is 2. The van der Waals surface area contributed by atoms with Crippen LogP contribution in [0.25, 0.3) is 21.3 Å². The lowest BCUT2D eigenvalue weighted by Crippen LogP contribution is -2.37. The van der Waals surface area contributed by atoms with Gasteiger partial charge in [-0.05, 0) is 36.8 Å². The first-order valence-electron chi connectivity index (χ1n) is 9.67. The minimum absolute atomic E-state index is 0.116. The summed E-state index contributed by atoms with van der Waals surface area (Å²) in [4.78, 5) is 23.7. The van der Waals surface area contributed by atoms with Crippen molar-refractivity contribution in [3.05, 3.63) is 76.9 Å². The number of rotatable bonds is 3. The van der Waals surface area contributed by atoms with Crippen LogP contribution in [0.2, 0.25) is 0 Å². The maximum absolute atomic E-state index is 14.2. The molecule has 4 aromatic rings. The highest BCUT2D eigenvalue weighted by Crippen LogP contribution is 2.31. The molecular formula is C23H19FN4OS. The number of aryl methyl sites for hydroxylation is 1. The van der Waals surface area contributed by atoms with Crippen molar-refractivity contribution in [2.45, 2.75) is 19.9 Å². The molecule has 2 aromatic heterocycles. The number of anilines is 1. The molecule has 0 fully saturated rings. The topological polar surface area (TPSA) is 72.1 Å². The number of hydrogen-bond acceptors (Lipinski definition) is 5. The summed E-state index contributed by atoms with van der Waals surface area (Å²) < 4.78 is 15.2. The van der Waals surface area contributed by atoms with Crippen LogP contribution < -0.4 is 5.73 Å². The van der Waals surface area contributed by atoms with Gasteiger partial charge in [0, 0.05) is 36.8 Å². The predicted molar refractivity (Wildman–Crippen MR) is 117 cm³/mol. The number of thiazole rings is 1. The summed E-state index contributed by atoms with van der Waals surface area (Å²) in [5.41, 5.74) is 11.3. The lowest BCUT2D eigenvalue weighted by atomic mass is 9.99. The van der Waals surface area contributed by atoms with Gasteiger partial charge in [0.15, 0.2) is 5.13 Å². The number of hydrogen-bond donors (Lipinski definition) is 1. The molecule has 150 valence electrons. The van der Waals surface area contributed by atoms with Crippen molar-refractivity contribution < 1.29 is 9.18 Å². The van der Waals surface area contributed by atoms with Crippen LogP contribution in [-0.4, -0.2) is 27.3 Å². The molecule has 0 atom stereocenters. The summed E-state index contributed by atoms with van der Waals surface area (Å²) in [7, 11) is 0. The molecule has 5 nitrogen and oxygen atoms in total. The minimum atomic E-state index is -0.289. The third kappa shape index (κ3) is 3.31. The number of carbonyl (C=O) groups is 1. The maximum atomic E-state index is 14.2. The Kier molecular flexibility index (Phi) is 4.47. The molecule has 0 unspecified atom stereocenters. The number of carbonyl (C=O) groups excluding carboxylic acids is 1. The van der Waals surface area contributed by atoms with Gasteiger partial charge in [-0.3, -0.25) is 9.78 Å². The minimum Gasteiger partial charge on any atom is -0.375 e. The molecule has 0 bridgehead atoms. The molecule has 0 saturated heterocycles. The van der Waals surface area contributed by atoms with Gasteiger partial charge < -0.3 is 10.6 Å². The van der Waals surface area contributed by atoms with Crippen LogP contribution in [0.5, 0.6) is 0 Å². The smallest absolute Gasteiger partial charge is 0.256 e. The standard InChI is InChI=1S/C23H19FN4OS/c1-13-2-4-18(24)16(8-13)12-28-7-6-19-17(22(28)29)9-15(11-26-19)14-3-5-20-21(10-14)30-23(25)27-20/h2-5,8-11H,6-7,12H2,1H3,(H2,25,27). The van der Waals surface area contributed by atoms with Gasteiger partial charge in [0.05, 0.1) is 21.5 Å². The monoisotopic (exact) mass is 418 g/mol. The van der Waals surface area contributed by atoms with Crippen molar-refractivity contribution in [3.8, 4) is 11.1 Å². The molecule has 2 aromatic carbocycles.